The van der Waals surface area contributed by atoms with Crippen LogP contribution < -0.4 is 15.1 Å². The summed E-state index contributed by atoms with van der Waals surface area (Å²) < 4.78 is 40.7. The predicted octanol–water partition coefficient (Wildman–Crippen LogP) is 4.48. The van der Waals surface area contributed by atoms with Gasteiger partial charge in [0.2, 0.25) is 11.8 Å². The molecule has 0 bridgehead atoms. The molecule has 0 unspecified atom stereocenters. The molecule has 2 aliphatic heterocycles. The molecule has 1 saturated heterocycles. The molecule has 3 aromatic rings. The highest BCUT2D eigenvalue weighted by Gasteiger charge is 2.45. The van der Waals surface area contributed by atoms with Gasteiger partial charge in [-0.05, 0) is 31.2 Å². The molecule has 1 N–H and O–H groups in total. The maximum atomic E-state index is 13.8. The molecule has 0 spiro atoms. The molecular weight excluding hydrogens is 483 g/mol. The van der Waals surface area contributed by atoms with Gasteiger partial charge in [0, 0.05) is 35.3 Å². The number of carbonyl (C=O) groups excluding carboxylic acids is 2. The van der Waals surface area contributed by atoms with Crippen LogP contribution in [0.5, 0.6) is 0 Å². The van der Waals surface area contributed by atoms with Crippen molar-refractivity contribution in [2.75, 3.05) is 34.8 Å². The van der Waals surface area contributed by atoms with Crippen molar-refractivity contribution >= 4 is 40.6 Å². The van der Waals surface area contributed by atoms with E-state index in [-0.39, 0.29) is 16.5 Å². The molecule has 35 heavy (non-hydrogen) atoms. The van der Waals surface area contributed by atoms with Gasteiger partial charge in [-0.3, -0.25) is 14.6 Å². The number of anilines is 3. The highest BCUT2D eigenvalue weighted by Crippen LogP contribution is 2.42. The lowest BCUT2D eigenvalue weighted by molar-refractivity contribution is -0.122. The predicted molar refractivity (Wildman–Crippen MR) is 125 cm³/mol. The van der Waals surface area contributed by atoms with Gasteiger partial charge in [0.25, 0.3) is 5.92 Å². The van der Waals surface area contributed by atoms with Gasteiger partial charge in [-0.15, -0.1) is 0 Å². The third-order valence-corrected chi connectivity index (χ3v) is 6.31. The standard InChI is InChI=1S/C24H19ClF3N5O2/c1-13-22-15(3-2-6-29-22)16-9-30-20(32-11-24(27,28)12-32)8-19(16)33(23(13)35)10-21(34)31-14-4-5-17(25)18(26)7-14/h2-9,13H,10-12H2,1H3,(H,31,34)/t13-/m0/s1. The smallest absolute Gasteiger partial charge is 0.282 e. The number of fused-ring (bicyclic) bond motifs is 3. The molecule has 11 heteroatoms. The Hall–Kier alpha value is -3.66. The largest absolute Gasteiger partial charge is 0.344 e. The Bertz CT molecular complexity index is 1340. The molecule has 7 nitrogen and oxygen atoms in total. The maximum Gasteiger partial charge on any atom is 0.282 e. The summed E-state index contributed by atoms with van der Waals surface area (Å²) >= 11 is 5.70. The van der Waals surface area contributed by atoms with Crippen molar-refractivity contribution in [1.29, 1.82) is 0 Å². The number of alkyl halides is 2. The van der Waals surface area contributed by atoms with Gasteiger partial charge >= 0.3 is 0 Å². The van der Waals surface area contributed by atoms with Gasteiger partial charge in [0.1, 0.15) is 18.2 Å². The van der Waals surface area contributed by atoms with E-state index < -0.39 is 49.1 Å². The van der Waals surface area contributed by atoms with Gasteiger partial charge in [0.05, 0.1) is 35.4 Å². The minimum absolute atomic E-state index is 0.0877. The molecule has 0 radical (unpaired) electrons. The van der Waals surface area contributed by atoms with Crippen molar-refractivity contribution in [2.45, 2.75) is 18.8 Å². The number of nitrogens with one attached hydrogen (secondary N) is 1. The van der Waals surface area contributed by atoms with E-state index in [1.54, 1.807) is 25.3 Å². The number of hydrogen-bond acceptors (Lipinski definition) is 5. The Morgan fingerprint density at radius 3 is 2.69 bits per heavy atom. The third kappa shape index (κ3) is 4.29. The van der Waals surface area contributed by atoms with Crippen LogP contribution in [-0.4, -0.2) is 47.3 Å². The fourth-order valence-corrected chi connectivity index (χ4v) is 4.37. The molecule has 1 aromatic carbocycles. The number of halogens is 4. The van der Waals surface area contributed by atoms with Crippen LogP contribution in [-0.2, 0) is 9.59 Å². The summed E-state index contributed by atoms with van der Waals surface area (Å²) in [6.45, 7) is 0.325. The Labute approximate surface area is 203 Å². The van der Waals surface area contributed by atoms with E-state index in [1.165, 1.54) is 34.2 Å². The number of hydrogen-bond donors (Lipinski definition) is 1. The zero-order valence-corrected chi connectivity index (χ0v) is 19.2. The SMILES string of the molecule is C[C@@H]1C(=O)N(CC(=O)Nc2ccc(Cl)c(F)c2)c2cc(N3CC(F)(F)C3)ncc2-c2cccnc21. The zero-order chi connectivity index (χ0) is 24.9. The van der Waals surface area contributed by atoms with Crippen LogP contribution in [0.15, 0.2) is 48.8 Å². The molecule has 5 rings (SSSR count). The molecule has 4 heterocycles. The van der Waals surface area contributed by atoms with Crippen molar-refractivity contribution < 1.29 is 22.8 Å². The summed E-state index contributed by atoms with van der Waals surface area (Å²) in [5, 5.41) is 2.48. The maximum absolute atomic E-state index is 13.8. The van der Waals surface area contributed by atoms with Crippen molar-refractivity contribution in [2.24, 2.45) is 0 Å². The van der Waals surface area contributed by atoms with E-state index in [2.05, 4.69) is 15.3 Å². The number of aromatic nitrogens is 2. The average Bonchev–Trinajstić information content (AvgIpc) is 2.89. The zero-order valence-electron chi connectivity index (χ0n) is 18.4. The monoisotopic (exact) mass is 501 g/mol. The first-order valence-electron chi connectivity index (χ1n) is 10.8. The van der Waals surface area contributed by atoms with E-state index in [1.807, 2.05) is 0 Å². The minimum Gasteiger partial charge on any atom is -0.344 e. The third-order valence-electron chi connectivity index (χ3n) is 6.01. The minimum atomic E-state index is -2.80. The van der Waals surface area contributed by atoms with Gasteiger partial charge in [-0.1, -0.05) is 17.7 Å². The highest BCUT2D eigenvalue weighted by molar-refractivity contribution is 6.30. The normalized spacial score (nSPS) is 18.3. The Balaban J connectivity index is 1.52. The fourth-order valence-electron chi connectivity index (χ4n) is 4.25. The van der Waals surface area contributed by atoms with Crippen molar-refractivity contribution in [3.8, 4) is 11.1 Å². The molecule has 1 atom stereocenters. The molecule has 2 amide bonds. The number of pyridine rings is 2. The first-order valence-corrected chi connectivity index (χ1v) is 11.2. The summed E-state index contributed by atoms with van der Waals surface area (Å²) in [5.41, 5.74) is 2.26. The Morgan fingerprint density at radius 2 is 1.97 bits per heavy atom. The second kappa shape index (κ2) is 8.53. The number of benzene rings is 1. The van der Waals surface area contributed by atoms with Crippen molar-refractivity contribution in [3.05, 3.63) is 65.3 Å². The van der Waals surface area contributed by atoms with Gasteiger partial charge in [0.15, 0.2) is 0 Å². The van der Waals surface area contributed by atoms with E-state index in [0.717, 1.165) is 6.07 Å². The van der Waals surface area contributed by atoms with Gasteiger partial charge in [-0.2, -0.15) is 0 Å². The molecule has 2 aliphatic rings. The van der Waals surface area contributed by atoms with E-state index in [0.29, 0.717) is 22.5 Å². The summed E-state index contributed by atoms with van der Waals surface area (Å²) in [5.74, 6) is -4.89. The van der Waals surface area contributed by atoms with Crippen LogP contribution in [0.1, 0.15) is 18.5 Å². The summed E-state index contributed by atoms with van der Waals surface area (Å²) in [6.07, 6.45) is 3.08. The second-order valence-corrected chi connectivity index (χ2v) is 8.94. The quantitative estimate of drug-likeness (QED) is 0.570. The van der Waals surface area contributed by atoms with Crippen molar-refractivity contribution in [1.82, 2.24) is 9.97 Å². The first-order chi connectivity index (χ1) is 16.6. The lowest BCUT2D eigenvalue weighted by atomic mass is 9.98. The fraction of sp³-hybridized carbons (Fsp3) is 0.250. The lowest BCUT2D eigenvalue weighted by Gasteiger charge is -2.40. The molecule has 180 valence electrons. The molecule has 0 saturated carbocycles. The Morgan fingerprint density at radius 1 is 1.20 bits per heavy atom. The number of nitrogens with zero attached hydrogens (tertiary/aromatic N) is 4. The average molecular weight is 502 g/mol. The molecule has 2 aromatic heterocycles. The number of carbonyl (C=O) groups is 2. The highest BCUT2D eigenvalue weighted by atomic mass is 35.5. The molecule has 0 aliphatic carbocycles. The van der Waals surface area contributed by atoms with Crippen LogP contribution in [0, 0.1) is 5.82 Å². The van der Waals surface area contributed by atoms with Gasteiger partial charge < -0.3 is 15.1 Å². The van der Waals surface area contributed by atoms with Crippen LogP contribution in [0.4, 0.5) is 30.4 Å². The topological polar surface area (TPSA) is 78.4 Å². The first kappa shape index (κ1) is 23.1. The van der Waals surface area contributed by atoms with Crippen LogP contribution in [0.2, 0.25) is 5.02 Å². The van der Waals surface area contributed by atoms with Crippen molar-refractivity contribution in [3.63, 3.8) is 0 Å². The Kier molecular flexibility index (Phi) is 5.63. The second-order valence-electron chi connectivity index (χ2n) is 8.53. The number of rotatable bonds is 4. The summed E-state index contributed by atoms with van der Waals surface area (Å²) in [7, 11) is 0. The van der Waals surface area contributed by atoms with E-state index >= 15 is 0 Å². The summed E-state index contributed by atoms with van der Waals surface area (Å²) in [6, 6.07) is 8.88. The van der Waals surface area contributed by atoms with Crippen LogP contribution in [0.25, 0.3) is 11.1 Å². The van der Waals surface area contributed by atoms with Crippen LogP contribution >= 0.6 is 11.6 Å². The van der Waals surface area contributed by atoms with Crippen LogP contribution in [0.3, 0.4) is 0 Å². The van der Waals surface area contributed by atoms with E-state index in [4.69, 9.17) is 11.6 Å². The lowest BCUT2D eigenvalue weighted by Crippen LogP contribution is -2.56. The number of amides is 2. The summed E-state index contributed by atoms with van der Waals surface area (Å²) in [4.78, 5) is 37.8. The molecular formula is C24H19ClF3N5O2. The van der Waals surface area contributed by atoms with Gasteiger partial charge in [-0.25, -0.2) is 18.2 Å². The molecule has 1 fully saturated rings. The van der Waals surface area contributed by atoms with E-state index in [9.17, 15) is 22.8 Å².